The van der Waals surface area contributed by atoms with Crippen LogP contribution in [0.2, 0.25) is 10.0 Å². The van der Waals surface area contributed by atoms with Crippen molar-refractivity contribution in [3.05, 3.63) is 80.4 Å². The van der Waals surface area contributed by atoms with Crippen LogP contribution in [-0.2, 0) is 6.61 Å². The number of allylic oxidation sites excluding steroid dienone is 1. The molecule has 3 nitrogen and oxygen atoms in total. The lowest BCUT2D eigenvalue weighted by molar-refractivity contribution is 0.105. The zero-order chi connectivity index (χ0) is 16.9. The normalized spacial score (nSPS) is 11.1. The van der Waals surface area contributed by atoms with Gasteiger partial charge in [0.1, 0.15) is 23.9 Å². The molecule has 0 aliphatic rings. The minimum Gasteiger partial charge on any atom is -0.486 e. The van der Waals surface area contributed by atoms with Crippen molar-refractivity contribution in [2.24, 2.45) is 0 Å². The van der Waals surface area contributed by atoms with Crippen LogP contribution in [0.25, 0.3) is 6.08 Å². The van der Waals surface area contributed by atoms with Crippen LogP contribution in [-0.4, -0.2) is 5.78 Å². The Bertz CT molecular complexity index is 866. The number of carbonyl (C=O) groups is 1. The topological polar surface area (TPSA) is 39.4 Å². The Morgan fingerprint density at radius 3 is 2.79 bits per heavy atom. The summed E-state index contributed by atoms with van der Waals surface area (Å²) in [5.41, 5.74) is 0. The molecular weight excluding hydrogens is 367 g/mol. The fourth-order valence-corrected chi connectivity index (χ4v) is 2.87. The van der Waals surface area contributed by atoms with Crippen LogP contribution >= 0.6 is 34.5 Å². The van der Waals surface area contributed by atoms with Crippen molar-refractivity contribution < 1.29 is 13.9 Å². The number of halogens is 2. The second-order valence-electron chi connectivity index (χ2n) is 4.84. The van der Waals surface area contributed by atoms with Crippen LogP contribution in [0.3, 0.4) is 0 Å². The van der Waals surface area contributed by atoms with Crippen molar-refractivity contribution in [3.8, 4) is 5.75 Å². The second kappa shape index (κ2) is 7.71. The summed E-state index contributed by atoms with van der Waals surface area (Å²) in [6, 6.07) is 12.3. The number of benzene rings is 1. The van der Waals surface area contributed by atoms with E-state index in [9.17, 15) is 4.79 Å². The van der Waals surface area contributed by atoms with Gasteiger partial charge in [-0.25, -0.2) is 0 Å². The molecule has 0 spiro atoms. The summed E-state index contributed by atoms with van der Waals surface area (Å²) in [5.74, 6) is 1.79. The first-order chi connectivity index (χ1) is 11.6. The highest BCUT2D eigenvalue weighted by atomic mass is 35.5. The van der Waals surface area contributed by atoms with Gasteiger partial charge >= 0.3 is 0 Å². The van der Waals surface area contributed by atoms with Gasteiger partial charge in [0.2, 0.25) is 0 Å². The van der Waals surface area contributed by atoms with E-state index in [-0.39, 0.29) is 12.4 Å². The van der Waals surface area contributed by atoms with Crippen LogP contribution in [0.15, 0.2) is 58.3 Å². The molecule has 0 unspecified atom stereocenters. The van der Waals surface area contributed by atoms with E-state index in [1.165, 1.54) is 17.4 Å². The minimum atomic E-state index is -0.0463. The highest BCUT2D eigenvalue weighted by Gasteiger charge is 2.05. The van der Waals surface area contributed by atoms with Crippen molar-refractivity contribution >= 4 is 46.4 Å². The number of thiophene rings is 1. The number of furan rings is 1. The molecule has 0 N–H and O–H groups in total. The van der Waals surface area contributed by atoms with Crippen LogP contribution < -0.4 is 4.74 Å². The first kappa shape index (κ1) is 16.8. The minimum absolute atomic E-state index is 0.0463. The van der Waals surface area contributed by atoms with Gasteiger partial charge < -0.3 is 9.15 Å². The molecule has 2 aromatic heterocycles. The summed E-state index contributed by atoms with van der Waals surface area (Å²) in [5, 5.41) is 2.78. The fourth-order valence-electron chi connectivity index (χ4n) is 1.94. The van der Waals surface area contributed by atoms with Gasteiger partial charge in [0.05, 0.1) is 14.9 Å². The molecule has 0 bridgehead atoms. The summed E-state index contributed by atoms with van der Waals surface area (Å²) in [7, 11) is 0. The first-order valence-electron chi connectivity index (χ1n) is 7.04. The zero-order valence-corrected chi connectivity index (χ0v) is 14.7. The number of ketones is 1. The smallest absolute Gasteiger partial charge is 0.195 e. The maximum absolute atomic E-state index is 11.9. The third-order valence-corrected chi connectivity index (χ3v) is 4.74. The molecule has 3 aromatic rings. The molecule has 122 valence electrons. The van der Waals surface area contributed by atoms with Crippen LogP contribution in [0.4, 0.5) is 0 Å². The molecule has 0 aliphatic heterocycles. The monoisotopic (exact) mass is 378 g/mol. The van der Waals surface area contributed by atoms with Crippen molar-refractivity contribution in [3.63, 3.8) is 0 Å². The summed E-state index contributed by atoms with van der Waals surface area (Å²) >= 11 is 13.2. The highest BCUT2D eigenvalue weighted by Crippen LogP contribution is 2.27. The molecule has 6 heteroatoms. The first-order valence-corrected chi connectivity index (χ1v) is 8.68. The maximum atomic E-state index is 11.9. The lowest BCUT2D eigenvalue weighted by Gasteiger charge is -2.05. The van der Waals surface area contributed by atoms with E-state index in [4.69, 9.17) is 32.4 Å². The molecule has 3 rings (SSSR count). The molecule has 0 saturated heterocycles. The molecule has 1 aromatic carbocycles. The van der Waals surface area contributed by atoms with E-state index in [1.54, 1.807) is 42.5 Å². The van der Waals surface area contributed by atoms with E-state index in [1.807, 2.05) is 11.4 Å². The summed E-state index contributed by atoms with van der Waals surface area (Å²) < 4.78 is 11.2. The molecule has 24 heavy (non-hydrogen) atoms. The number of carbonyl (C=O) groups excluding carboxylic acids is 1. The van der Waals surface area contributed by atoms with Crippen LogP contribution in [0, 0.1) is 0 Å². The molecule has 0 saturated carbocycles. The number of hydrogen-bond acceptors (Lipinski definition) is 4. The lowest BCUT2D eigenvalue weighted by atomic mass is 10.3. The maximum Gasteiger partial charge on any atom is 0.195 e. The highest BCUT2D eigenvalue weighted by molar-refractivity contribution is 7.12. The lowest BCUT2D eigenvalue weighted by Crippen LogP contribution is -1.93. The van der Waals surface area contributed by atoms with Crippen molar-refractivity contribution in [1.82, 2.24) is 0 Å². The molecule has 0 radical (unpaired) electrons. The van der Waals surface area contributed by atoms with Gasteiger partial charge in [0.25, 0.3) is 0 Å². The molecular formula is C18H12Cl2O3S. The summed E-state index contributed by atoms with van der Waals surface area (Å²) in [6.45, 7) is 0.255. The molecule has 0 amide bonds. The van der Waals surface area contributed by atoms with E-state index >= 15 is 0 Å². The van der Waals surface area contributed by atoms with Gasteiger partial charge in [0.15, 0.2) is 5.78 Å². The second-order valence-corrected chi connectivity index (χ2v) is 6.61. The molecule has 0 aliphatic carbocycles. The Morgan fingerprint density at radius 1 is 1.17 bits per heavy atom. The van der Waals surface area contributed by atoms with Crippen molar-refractivity contribution in [1.29, 1.82) is 0 Å². The largest absolute Gasteiger partial charge is 0.486 e. The van der Waals surface area contributed by atoms with E-state index < -0.39 is 0 Å². The molecule has 0 fully saturated rings. The summed E-state index contributed by atoms with van der Waals surface area (Å²) in [4.78, 5) is 12.6. The molecule has 0 atom stereocenters. The quantitative estimate of drug-likeness (QED) is 0.382. The summed E-state index contributed by atoms with van der Waals surface area (Å²) in [6.07, 6.45) is 3.14. The fraction of sp³-hybridized carbons (Fsp3) is 0.0556. The average Bonchev–Trinajstić information content (AvgIpc) is 3.25. The van der Waals surface area contributed by atoms with Gasteiger partial charge in [-0.15, -0.1) is 11.3 Å². The van der Waals surface area contributed by atoms with Gasteiger partial charge in [0, 0.05) is 6.07 Å². The number of rotatable bonds is 6. The third kappa shape index (κ3) is 4.29. The van der Waals surface area contributed by atoms with Gasteiger partial charge in [-0.05, 0) is 47.9 Å². The predicted molar refractivity (Wildman–Crippen MR) is 97.2 cm³/mol. The Labute approximate surface area is 153 Å². The average molecular weight is 379 g/mol. The van der Waals surface area contributed by atoms with Crippen LogP contribution in [0.1, 0.15) is 21.2 Å². The Kier molecular flexibility index (Phi) is 5.41. The number of hydrogen-bond donors (Lipinski definition) is 0. The third-order valence-electron chi connectivity index (χ3n) is 3.12. The van der Waals surface area contributed by atoms with Gasteiger partial charge in [-0.3, -0.25) is 4.79 Å². The SMILES string of the molecule is O=C(/C=C/c1ccc(COc2ccc(Cl)c(Cl)c2)o1)c1cccs1. The van der Waals surface area contributed by atoms with E-state index in [0.717, 1.165) is 0 Å². The Hall–Kier alpha value is -2.01. The van der Waals surface area contributed by atoms with Crippen molar-refractivity contribution in [2.75, 3.05) is 0 Å². The Balaban J connectivity index is 1.59. The predicted octanol–water partition coefficient (Wildman–Crippen LogP) is 6.12. The van der Waals surface area contributed by atoms with Gasteiger partial charge in [-0.2, -0.15) is 0 Å². The zero-order valence-electron chi connectivity index (χ0n) is 12.4. The van der Waals surface area contributed by atoms with Gasteiger partial charge in [-0.1, -0.05) is 29.3 Å². The Morgan fingerprint density at radius 2 is 2.04 bits per heavy atom. The van der Waals surface area contributed by atoms with Crippen molar-refractivity contribution in [2.45, 2.75) is 6.61 Å². The standard InChI is InChI=1S/C18H12Cl2O3S/c19-15-7-5-13(10-16(15)20)22-11-14-4-3-12(23-14)6-8-17(21)18-2-1-9-24-18/h1-10H,11H2/b8-6+. The van der Waals surface area contributed by atoms with E-state index in [2.05, 4.69) is 0 Å². The van der Waals surface area contributed by atoms with Crippen LogP contribution in [0.5, 0.6) is 5.75 Å². The molecule has 2 heterocycles. The number of ether oxygens (including phenoxy) is 1. The van der Waals surface area contributed by atoms with E-state index in [0.29, 0.717) is 32.2 Å².